The molecular weight excluding hydrogens is 336 g/mol. The highest BCUT2D eigenvalue weighted by atomic mass is 16.5. The molecular formula is C22H42N4O. The first-order valence-electron chi connectivity index (χ1n) is 11.3. The molecule has 156 valence electrons. The second-order valence-electron chi connectivity index (χ2n) is 7.96. The first-order chi connectivity index (χ1) is 13.3. The van der Waals surface area contributed by atoms with Gasteiger partial charge in [-0.15, -0.1) is 6.58 Å². The molecule has 2 rings (SSSR count). The minimum atomic E-state index is 0.535. The third-order valence-corrected chi connectivity index (χ3v) is 5.64. The molecule has 0 radical (unpaired) electrons. The highest BCUT2D eigenvalue weighted by Crippen LogP contribution is 2.20. The van der Waals surface area contributed by atoms with E-state index in [9.17, 15) is 0 Å². The molecule has 1 heterocycles. The van der Waals surface area contributed by atoms with E-state index in [0.29, 0.717) is 12.1 Å². The van der Waals surface area contributed by atoms with Gasteiger partial charge in [-0.3, -0.25) is 9.89 Å². The maximum Gasteiger partial charge on any atom is 0.191 e. The van der Waals surface area contributed by atoms with Crippen molar-refractivity contribution in [1.29, 1.82) is 0 Å². The fraction of sp³-hybridized carbons (Fsp3) is 0.864. The summed E-state index contributed by atoms with van der Waals surface area (Å²) in [4.78, 5) is 7.24. The number of piperidine rings is 1. The van der Waals surface area contributed by atoms with Crippen LogP contribution in [0.25, 0.3) is 0 Å². The molecule has 1 saturated heterocycles. The lowest BCUT2D eigenvalue weighted by atomic mass is 9.98. The number of likely N-dealkylation sites (tertiary alicyclic amines) is 1. The third-order valence-electron chi connectivity index (χ3n) is 5.64. The molecule has 0 aromatic carbocycles. The van der Waals surface area contributed by atoms with E-state index < -0.39 is 0 Å². The minimum absolute atomic E-state index is 0.535. The summed E-state index contributed by atoms with van der Waals surface area (Å²) in [6.45, 7) is 12.0. The average Bonchev–Trinajstić information content (AvgIpc) is 2.70. The SMILES string of the molecule is C=CCN1CCC(NC(=NCCCCCOC2CCCCC2)NCC)CC1. The van der Waals surface area contributed by atoms with E-state index in [2.05, 4.69) is 29.0 Å². The number of guanidine groups is 1. The van der Waals surface area contributed by atoms with Crippen molar-refractivity contribution in [3.63, 3.8) is 0 Å². The maximum absolute atomic E-state index is 6.01. The summed E-state index contributed by atoms with van der Waals surface area (Å²) in [7, 11) is 0. The summed E-state index contributed by atoms with van der Waals surface area (Å²) in [6, 6.07) is 0.535. The molecule has 0 aromatic heterocycles. The molecule has 0 unspecified atom stereocenters. The van der Waals surface area contributed by atoms with Crippen LogP contribution in [0.5, 0.6) is 0 Å². The molecule has 0 atom stereocenters. The van der Waals surface area contributed by atoms with E-state index in [4.69, 9.17) is 9.73 Å². The molecule has 1 saturated carbocycles. The van der Waals surface area contributed by atoms with Crippen molar-refractivity contribution in [1.82, 2.24) is 15.5 Å². The van der Waals surface area contributed by atoms with Gasteiger partial charge in [-0.25, -0.2) is 0 Å². The molecule has 2 aliphatic rings. The number of rotatable bonds is 11. The molecule has 5 nitrogen and oxygen atoms in total. The first-order valence-corrected chi connectivity index (χ1v) is 11.3. The second-order valence-corrected chi connectivity index (χ2v) is 7.96. The molecule has 0 aromatic rings. The zero-order valence-corrected chi connectivity index (χ0v) is 17.6. The van der Waals surface area contributed by atoms with Crippen LogP contribution in [0.1, 0.15) is 71.1 Å². The Bertz CT molecular complexity index is 413. The van der Waals surface area contributed by atoms with E-state index in [0.717, 1.165) is 58.1 Å². The normalized spacial score (nSPS) is 20.6. The summed E-state index contributed by atoms with van der Waals surface area (Å²) >= 11 is 0. The van der Waals surface area contributed by atoms with Crippen LogP contribution in [-0.4, -0.2) is 62.3 Å². The van der Waals surface area contributed by atoms with Crippen LogP contribution in [0.15, 0.2) is 17.6 Å². The van der Waals surface area contributed by atoms with Gasteiger partial charge in [0.25, 0.3) is 0 Å². The summed E-state index contributed by atoms with van der Waals surface area (Å²) in [5.74, 6) is 0.984. The Morgan fingerprint density at radius 1 is 1.11 bits per heavy atom. The van der Waals surface area contributed by atoms with Crippen molar-refractivity contribution in [3.8, 4) is 0 Å². The van der Waals surface area contributed by atoms with Crippen molar-refractivity contribution < 1.29 is 4.74 Å². The van der Waals surface area contributed by atoms with E-state index in [1.807, 2.05) is 6.08 Å². The molecule has 1 aliphatic carbocycles. The Morgan fingerprint density at radius 3 is 2.59 bits per heavy atom. The molecule has 27 heavy (non-hydrogen) atoms. The molecule has 0 spiro atoms. The monoisotopic (exact) mass is 378 g/mol. The number of unbranched alkanes of at least 4 members (excludes halogenated alkanes) is 2. The van der Waals surface area contributed by atoms with Gasteiger partial charge in [-0.05, 0) is 51.9 Å². The maximum atomic E-state index is 6.01. The van der Waals surface area contributed by atoms with Crippen LogP contribution in [0.2, 0.25) is 0 Å². The largest absolute Gasteiger partial charge is 0.378 e. The van der Waals surface area contributed by atoms with Gasteiger partial charge in [-0.2, -0.15) is 0 Å². The summed E-state index contributed by atoms with van der Waals surface area (Å²) in [5.41, 5.74) is 0. The zero-order valence-electron chi connectivity index (χ0n) is 17.6. The Kier molecular flexibility index (Phi) is 11.5. The van der Waals surface area contributed by atoms with E-state index in [1.54, 1.807) is 0 Å². The van der Waals surface area contributed by atoms with Gasteiger partial charge in [-0.1, -0.05) is 25.3 Å². The van der Waals surface area contributed by atoms with Crippen molar-refractivity contribution in [2.45, 2.75) is 83.3 Å². The Labute approximate surface area is 167 Å². The Hall–Kier alpha value is -1.07. The number of ether oxygens (including phenoxy) is 1. The van der Waals surface area contributed by atoms with E-state index in [1.165, 1.54) is 51.4 Å². The van der Waals surface area contributed by atoms with Gasteiger partial charge in [0.05, 0.1) is 6.10 Å². The smallest absolute Gasteiger partial charge is 0.191 e. The van der Waals surface area contributed by atoms with Gasteiger partial charge in [0, 0.05) is 45.4 Å². The molecule has 5 heteroatoms. The second kappa shape index (κ2) is 14.0. The quantitative estimate of drug-likeness (QED) is 0.249. The fourth-order valence-electron chi connectivity index (χ4n) is 4.02. The summed E-state index contributed by atoms with van der Waals surface area (Å²) in [5, 5.41) is 7.02. The topological polar surface area (TPSA) is 48.9 Å². The van der Waals surface area contributed by atoms with Crippen LogP contribution in [0.4, 0.5) is 0 Å². The van der Waals surface area contributed by atoms with Crippen LogP contribution in [0.3, 0.4) is 0 Å². The van der Waals surface area contributed by atoms with Gasteiger partial charge in [0.1, 0.15) is 0 Å². The number of nitrogens with zero attached hydrogens (tertiary/aromatic N) is 2. The Balaban J connectivity index is 1.55. The van der Waals surface area contributed by atoms with E-state index in [-0.39, 0.29) is 0 Å². The molecule has 0 bridgehead atoms. The summed E-state index contributed by atoms with van der Waals surface area (Å²) < 4.78 is 6.01. The highest BCUT2D eigenvalue weighted by Gasteiger charge is 2.19. The number of nitrogens with one attached hydrogen (secondary N) is 2. The number of hydrogen-bond donors (Lipinski definition) is 2. The van der Waals surface area contributed by atoms with Crippen LogP contribution < -0.4 is 10.6 Å². The van der Waals surface area contributed by atoms with Crippen LogP contribution in [0, 0.1) is 0 Å². The van der Waals surface area contributed by atoms with Crippen molar-refractivity contribution in [2.24, 2.45) is 4.99 Å². The van der Waals surface area contributed by atoms with Crippen LogP contribution in [-0.2, 0) is 4.74 Å². The van der Waals surface area contributed by atoms with Gasteiger partial charge in [0.2, 0.25) is 0 Å². The standard InChI is InChI=1S/C22H42N4O/c1-3-16-26-17-13-20(14-18-26)25-22(23-4-2)24-15-9-6-10-19-27-21-11-7-5-8-12-21/h3,20-21H,1,4-19H2,2H3,(H2,23,24,25). The zero-order chi connectivity index (χ0) is 19.2. The van der Waals surface area contributed by atoms with Gasteiger partial charge in [0.15, 0.2) is 5.96 Å². The lowest BCUT2D eigenvalue weighted by molar-refractivity contribution is 0.0264. The average molecular weight is 379 g/mol. The molecule has 1 aliphatic heterocycles. The van der Waals surface area contributed by atoms with E-state index >= 15 is 0 Å². The lowest BCUT2D eigenvalue weighted by Gasteiger charge is -2.32. The summed E-state index contributed by atoms with van der Waals surface area (Å²) in [6.07, 6.45) is 15.1. The molecule has 2 fully saturated rings. The third kappa shape index (κ3) is 9.61. The predicted molar refractivity (Wildman–Crippen MR) is 115 cm³/mol. The number of aliphatic imine (C=N–C) groups is 1. The van der Waals surface area contributed by atoms with Gasteiger partial charge >= 0.3 is 0 Å². The lowest BCUT2D eigenvalue weighted by Crippen LogP contribution is -2.48. The van der Waals surface area contributed by atoms with Gasteiger partial charge < -0.3 is 15.4 Å². The van der Waals surface area contributed by atoms with Crippen molar-refractivity contribution >= 4 is 5.96 Å². The van der Waals surface area contributed by atoms with Crippen molar-refractivity contribution in [2.75, 3.05) is 39.3 Å². The fourth-order valence-corrected chi connectivity index (χ4v) is 4.02. The van der Waals surface area contributed by atoms with Crippen LogP contribution >= 0.6 is 0 Å². The Morgan fingerprint density at radius 2 is 1.89 bits per heavy atom. The predicted octanol–water partition coefficient (Wildman–Crippen LogP) is 3.71. The molecule has 0 amide bonds. The minimum Gasteiger partial charge on any atom is -0.378 e. The number of hydrogen-bond acceptors (Lipinski definition) is 3. The van der Waals surface area contributed by atoms with Crippen molar-refractivity contribution in [3.05, 3.63) is 12.7 Å². The highest BCUT2D eigenvalue weighted by molar-refractivity contribution is 5.80. The molecule has 2 N–H and O–H groups in total. The first kappa shape index (κ1) is 22.2.